The molecule has 1 aliphatic rings. The summed E-state index contributed by atoms with van der Waals surface area (Å²) in [5.41, 5.74) is 1.77. The minimum Gasteiger partial charge on any atom is -0.391 e. The molecule has 1 saturated heterocycles. The predicted molar refractivity (Wildman–Crippen MR) is 77.6 cm³/mol. The summed E-state index contributed by atoms with van der Waals surface area (Å²) in [6, 6.07) is 5.70. The van der Waals surface area contributed by atoms with Crippen LogP contribution in [0.25, 0.3) is 0 Å². The van der Waals surface area contributed by atoms with E-state index in [9.17, 15) is 14.3 Å². The van der Waals surface area contributed by atoms with E-state index in [0.29, 0.717) is 6.42 Å². The van der Waals surface area contributed by atoms with Gasteiger partial charge in [0.05, 0.1) is 24.0 Å². The number of aliphatic hydroxyl groups is 1. The Morgan fingerprint density at radius 1 is 1.27 bits per heavy atom. The number of hydrogen-bond acceptors (Lipinski definition) is 4. The largest absolute Gasteiger partial charge is 0.391 e. The molecular weight excluding hydrogens is 285 g/mol. The lowest BCUT2D eigenvalue weighted by molar-refractivity contribution is 0.0709. The molecule has 1 aromatic carbocycles. The Balaban J connectivity index is 1.88. The van der Waals surface area contributed by atoms with Crippen LogP contribution in [-0.4, -0.2) is 38.5 Å². The third kappa shape index (κ3) is 2.82. The van der Waals surface area contributed by atoms with Crippen molar-refractivity contribution in [2.24, 2.45) is 0 Å². The molecule has 2 atom stereocenters. The third-order valence-corrected chi connectivity index (χ3v) is 3.79. The first kappa shape index (κ1) is 14.6. The van der Waals surface area contributed by atoms with Crippen LogP contribution in [0, 0.1) is 12.7 Å². The molecule has 6 heteroatoms. The van der Waals surface area contributed by atoms with Crippen molar-refractivity contribution in [2.45, 2.75) is 25.5 Å². The number of carbonyl (C=O) groups is 1. The number of benzene rings is 1. The van der Waals surface area contributed by atoms with E-state index in [2.05, 4.69) is 9.97 Å². The number of aliphatic hydroxyl groups excluding tert-OH is 1. The SMILES string of the molecule is Cc1cnc(C(=O)N2CC(O)CC2c2ccc(F)cc2)cn1. The molecule has 0 radical (unpaired) electrons. The molecule has 1 aliphatic heterocycles. The highest BCUT2D eigenvalue weighted by atomic mass is 19.1. The lowest BCUT2D eigenvalue weighted by Gasteiger charge is -2.24. The molecule has 1 amide bonds. The standard InChI is InChI=1S/C16H16FN3O2/c1-10-7-19-14(8-18-10)16(22)20-9-13(21)6-15(20)11-2-4-12(17)5-3-11/h2-5,7-8,13,15,21H,6,9H2,1H3. The highest BCUT2D eigenvalue weighted by Crippen LogP contribution is 2.33. The Bertz CT molecular complexity index is 673. The van der Waals surface area contributed by atoms with Crippen molar-refractivity contribution in [3.05, 3.63) is 59.4 Å². The van der Waals surface area contributed by atoms with Gasteiger partial charge in [-0.25, -0.2) is 9.37 Å². The van der Waals surface area contributed by atoms with Gasteiger partial charge in [0, 0.05) is 12.7 Å². The second-order valence-electron chi connectivity index (χ2n) is 5.46. The Morgan fingerprint density at radius 3 is 2.64 bits per heavy atom. The van der Waals surface area contributed by atoms with E-state index in [-0.39, 0.29) is 30.0 Å². The molecule has 1 aromatic heterocycles. The van der Waals surface area contributed by atoms with Gasteiger partial charge in [0.2, 0.25) is 0 Å². The topological polar surface area (TPSA) is 66.3 Å². The van der Waals surface area contributed by atoms with Gasteiger partial charge in [0.25, 0.3) is 5.91 Å². The molecule has 1 fully saturated rings. The van der Waals surface area contributed by atoms with E-state index in [4.69, 9.17) is 0 Å². The minimum absolute atomic E-state index is 0.233. The average Bonchev–Trinajstić information content (AvgIpc) is 2.90. The van der Waals surface area contributed by atoms with Crippen LogP contribution in [0.2, 0.25) is 0 Å². The Kier molecular flexibility index (Phi) is 3.85. The van der Waals surface area contributed by atoms with Gasteiger partial charge in [-0.1, -0.05) is 12.1 Å². The Morgan fingerprint density at radius 2 is 2.00 bits per heavy atom. The number of carbonyl (C=O) groups excluding carboxylic acids is 1. The molecule has 5 nitrogen and oxygen atoms in total. The maximum absolute atomic E-state index is 13.1. The third-order valence-electron chi connectivity index (χ3n) is 3.79. The van der Waals surface area contributed by atoms with Gasteiger partial charge in [-0.05, 0) is 31.0 Å². The van der Waals surface area contributed by atoms with Gasteiger partial charge in [0.1, 0.15) is 11.5 Å². The summed E-state index contributed by atoms with van der Waals surface area (Å²) in [6.07, 6.45) is 2.80. The number of aryl methyl sites for hydroxylation is 1. The lowest BCUT2D eigenvalue weighted by Crippen LogP contribution is -2.32. The van der Waals surface area contributed by atoms with Crippen molar-refractivity contribution in [2.75, 3.05) is 6.54 Å². The molecule has 22 heavy (non-hydrogen) atoms. The van der Waals surface area contributed by atoms with E-state index >= 15 is 0 Å². The summed E-state index contributed by atoms with van der Waals surface area (Å²) in [7, 11) is 0. The van der Waals surface area contributed by atoms with Gasteiger partial charge in [-0.2, -0.15) is 0 Å². The second kappa shape index (κ2) is 5.81. The monoisotopic (exact) mass is 301 g/mol. The number of β-amino-alcohol motifs (C(OH)–C–C–N with tert-alkyl or cyclic N) is 1. The van der Waals surface area contributed by atoms with Gasteiger partial charge in [-0.15, -0.1) is 0 Å². The number of rotatable bonds is 2. The summed E-state index contributed by atoms with van der Waals surface area (Å²) >= 11 is 0. The van der Waals surface area contributed by atoms with Crippen LogP contribution in [0.5, 0.6) is 0 Å². The van der Waals surface area contributed by atoms with Crippen LogP contribution in [0.15, 0.2) is 36.7 Å². The molecule has 2 heterocycles. The van der Waals surface area contributed by atoms with Crippen LogP contribution in [-0.2, 0) is 0 Å². The first-order valence-electron chi connectivity index (χ1n) is 7.08. The normalized spacial score (nSPS) is 21.1. The van der Waals surface area contributed by atoms with Gasteiger partial charge in [-0.3, -0.25) is 9.78 Å². The predicted octanol–water partition coefficient (Wildman–Crippen LogP) is 1.87. The van der Waals surface area contributed by atoms with Crippen molar-refractivity contribution in [1.82, 2.24) is 14.9 Å². The zero-order chi connectivity index (χ0) is 15.7. The smallest absolute Gasteiger partial charge is 0.274 e. The maximum atomic E-state index is 13.1. The fraction of sp³-hybridized carbons (Fsp3) is 0.312. The molecule has 0 saturated carbocycles. The van der Waals surface area contributed by atoms with Crippen LogP contribution >= 0.6 is 0 Å². The fourth-order valence-electron chi connectivity index (χ4n) is 2.69. The minimum atomic E-state index is -0.600. The lowest BCUT2D eigenvalue weighted by atomic mass is 10.0. The molecule has 1 N–H and O–H groups in total. The number of aromatic nitrogens is 2. The maximum Gasteiger partial charge on any atom is 0.274 e. The van der Waals surface area contributed by atoms with E-state index in [1.54, 1.807) is 24.0 Å². The molecular formula is C16H16FN3O2. The van der Waals surface area contributed by atoms with Gasteiger partial charge >= 0.3 is 0 Å². The molecule has 0 spiro atoms. The summed E-state index contributed by atoms with van der Waals surface area (Å²) in [6.45, 7) is 2.03. The highest BCUT2D eigenvalue weighted by Gasteiger charge is 2.36. The number of halogens is 1. The Labute approximate surface area is 127 Å². The zero-order valence-corrected chi connectivity index (χ0v) is 12.1. The number of likely N-dealkylation sites (tertiary alicyclic amines) is 1. The molecule has 2 unspecified atom stereocenters. The van der Waals surface area contributed by atoms with Crippen LogP contribution < -0.4 is 0 Å². The van der Waals surface area contributed by atoms with Crippen molar-refractivity contribution in [1.29, 1.82) is 0 Å². The van der Waals surface area contributed by atoms with Crippen LogP contribution in [0.1, 0.15) is 34.2 Å². The van der Waals surface area contributed by atoms with Crippen molar-refractivity contribution in [3.63, 3.8) is 0 Å². The molecule has 0 aliphatic carbocycles. The molecule has 114 valence electrons. The number of amides is 1. The van der Waals surface area contributed by atoms with E-state index < -0.39 is 6.10 Å². The van der Waals surface area contributed by atoms with Crippen LogP contribution in [0.4, 0.5) is 4.39 Å². The molecule has 3 rings (SSSR count). The second-order valence-corrected chi connectivity index (χ2v) is 5.46. The van der Waals surface area contributed by atoms with Crippen molar-refractivity contribution in [3.8, 4) is 0 Å². The summed E-state index contributed by atoms with van der Waals surface area (Å²) in [5.74, 6) is -0.608. The van der Waals surface area contributed by atoms with Gasteiger partial charge in [0.15, 0.2) is 0 Å². The Hall–Kier alpha value is -2.34. The zero-order valence-electron chi connectivity index (χ0n) is 12.1. The molecule has 0 bridgehead atoms. The average molecular weight is 301 g/mol. The highest BCUT2D eigenvalue weighted by molar-refractivity contribution is 5.92. The van der Waals surface area contributed by atoms with Crippen molar-refractivity contribution < 1.29 is 14.3 Å². The number of hydrogen-bond donors (Lipinski definition) is 1. The van der Waals surface area contributed by atoms with E-state index in [1.807, 2.05) is 0 Å². The summed E-state index contributed by atoms with van der Waals surface area (Å²) in [5, 5.41) is 9.92. The first-order chi connectivity index (χ1) is 10.5. The number of nitrogens with zero attached hydrogens (tertiary/aromatic N) is 3. The summed E-state index contributed by atoms with van der Waals surface area (Å²) < 4.78 is 13.1. The van der Waals surface area contributed by atoms with Crippen molar-refractivity contribution >= 4 is 5.91 Å². The van der Waals surface area contributed by atoms with Gasteiger partial charge < -0.3 is 10.0 Å². The van der Waals surface area contributed by atoms with Crippen LogP contribution in [0.3, 0.4) is 0 Å². The quantitative estimate of drug-likeness (QED) is 0.919. The van der Waals surface area contributed by atoms with E-state index in [0.717, 1.165) is 11.3 Å². The fourth-order valence-corrected chi connectivity index (χ4v) is 2.69. The molecule has 2 aromatic rings. The first-order valence-corrected chi connectivity index (χ1v) is 7.08. The summed E-state index contributed by atoms with van der Waals surface area (Å²) in [4.78, 5) is 22.3. The van der Waals surface area contributed by atoms with E-state index in [1.165, 1.54) is 24.5 Å².